The van der Waals surface area contributed by atoms with Crippen LogP contribution in [0.5, 0.6) is 0 Å². The minimum atomic E-state index is -0.157. The molecule has 2 aromatic carbocycles. The number of rotatable bonds is 7. The van der Waals surface area contributed by atoms with Crippen molar-refractivity contribution in [1.82, 2.24) is 25.1 Å². The molecule has 4 rings (SSSR count). The summed E-state index contributed by atoms with van der Waals surface area (Å²) in [6.07, 6.45) is 4.19. The molecule has 0 aliphatic rings. The molecule has 0 fully saturated rings. The van der Waals surface area contributed by atoms with Crippen molar-refractivity contribution in [3.63, 3.8) is 0 Å². The van der Waals surface area contributed by atoms with E-state index in [1.807, 2.05) is 48.5 Å². The van der Waals surface area contributed by atoms with Gasteiger partial charge in [-0.1, -0.05) is 42.5 Å². The van der Waals surface area contributed by atoms with E-state index in [1.165, 1.54) is 6.33 Å². The molecule has 0 saturated carbocycles. The maximum atomic E-state index is 12.6. The Hall–Kier alpha value is -3.06. The van der Waals surface area contributed by atoms with Crippen molar-refractivity contribution in [2.75, 3.05) is 0 Å². The summed E-state index contributed by atoms with van der Waals surface area (Å²) in [7, 11) is 0. The zero-order chi connectivity index (χ0) is 18.5. The number of benzene rings is 2. The number of aromatic nitrogens is 4. The van der Waals surface area contributed by atoms with Crippen molar-refractivity contribution in [3.05, 3.63) is 77.8 Å². The molecule has 1 unspecified atom stereocenters. The van der Waals surface area contributed by atoms with Crippen LogP contribution in [0.2, 0.25) is 0 Å². The van der Waals surface area contributed by atoms with E-state index in [2.05, 4.69) is 26.4 Å². The molecule has 1 N–H and O–H groups in total. The number of thiazole rings is 1. The quantitative estimate of drug-likeness (QED) is 0.536. The number of nitrogens with zero attached hydrogens (tertiary/aromatic N) is 4. The highest BCUT2D eigenvalue weighted by Crippen LogP contribution is 2.22. The molecule has 0 bridgehead atoms. The van der Waals surface area contributed by atoms with Crippen LogP contribution in [0.15, 0.2) is 67.3 Å². The molecule has 0 spiro atoms. The van der Waals surface area contributed by atoms with Gasteiger partial charge in [-0.15, -0.1) is 11.3 Å². The van der Waals surface area contributed by atoms with Gasteiger partial charge >= 0.3 is 0 Å². The summed E-state index contributed by atoms with van der Waals surface area (Å²) in [6, 6.07) is 17.8. The van der Waals surface area contributed by atoms with Crippen LogP contribution < -0.4 is 5.32 Å². The Morgan fingerprint density at radius 1 is 1.11 bits per heavy atom. The highest BCUT2D eigenvalue weighted by molar-refractivity contribution is 7.18. The molecule has 1 amide bonds. The molecule has 2 aromatic heterocycles. The lowest BCUT2D eigenvalue weighted by Crippen LogP contribution is -2.31. The number of nitrogens with one attached hydrogen (secondary N) is 1. The lowest BCUT2D eigenvalue weighted by molar-refractivity contribution is -0.121. The molecule has 7 heteroatoms. The Labute approximate surface area is 160 Å². The molecule has 0 aliphatic carbocycles. The average molecular weight is 377 g/mol. The van der Waals surface area contributed by atoms with Crippen molar-refractivity contribution in [2.24, 2.45) is 0 Å². The number of para-hydroxylation sites is 1. The maximum Gasteiger partial charge on any atom is 0.220 e. The molecular formula is C20H19N5OS. The van der Waals surface area contributed by atoms with E-state index in [-0.39, 0.29) is 11.9 Å². The van der Waals surface area contributed by atoms with Gasteiger partial charge in [0.25, 0.3) is 0 Å². The average Bonchev–Trinajstić information content (AvgIpc) is 3.36. The monoisotopic (exact) mass is 377 g/mol. The number of carbonyl (C=O) groups excluding carboxylic acids is 1. The summed E-state index contributed by atoms with van der Waals surface area (Å²) in [6.45, 7) is 0.539. The number of hydrogen-bond donors (Lipinski definition) is 1. The van der Waals surface area contributed by atoms with Gasteiger partial charge < -0.3 is 5.32 Å². The van der Waals surface area contributed by atoms with E-state index >= 15 is 0 Å². The number of hydrogen-bond acceptors (Lipinski definition) is 5. The summed E-state index contributed by atoms with van der Waals surface area (Å²) < 4.78 is 2.88. The molecule has 27 heavy (non-hydrogen) atoms. The standard InChI is InChI=1S/C20H19N5OS/c26-19(10-11-20-24-16-8-4-5-9-18(16)27-20)23-17(12-25-14-21-13-22-25)15-6-2-1-3-7-15/h1-9,13-14,17H,10-12H2,(H,23,26). The van der Waals surface area contributed by atoms with Gasteiger partial charge in [-0.05, 0) is 17.7 Å². The van der Waals surface area contributed by atoms with E-state index < -0.39 is 0 Å². The van der Waals surface area contributed by atoms with Gasteiger partial charge in [0.1, 0.15) is 12.7 Å². The first kappa shape index (κ1) is 17.4. The van der Waals surface area contributed by atoms with Gasteiger partial charge in [-0.2, -0.15) is 5.10 Å². The van der Waals surface area contributed by atoms with Gasteiger partial charge in [0.05, 0.1) is 27.8 Å². The lowest BCUT2D eigenvalue weighted by Gasteiger charge is -2.19. The first-order valence-electron chi connectivity index (χ1n) is 8.79. The molecule has 4 aromatic rings. The molecular weight excluding hydrogens is 358 g/mol. The number of carbonyl (C=O) groups is 1. The topological polar surface area (TPSA) is 72.7 Å². The summed E-state index contributed by atoms with van der Waals surface area (Å²) >= 11 is 1.64. The molecule has 1 atom stereocenters. The Balaban J connectivity index is 1.41. The Kier molecular flexibility index (Phi) is 5.20. The second-order valence-corrected chi connectivity index (χ2v) is 7.34. The van der Waals surface area contributed by atoms with Crippen LogP contribution >= 0.6 is 11.3 Å². The van der Waals surface area contributed by atoms with Crippen LogP contribution in [0.4, 0.5) is 0 Å². The number of fused-ring (bicyclic) bond motifs is 1. The molecule has 0 radical (unpaired) electrons. The Morgan fingerprint density at radius 3 is 2.70 bits per heavy atom. The van der Waals surface area contributed by atoms with E-state index in [1.54, 1.807) is 22.3 Å². The molecule has 6 nitrogen and oxygen atoms in total. The van der Waals surface area contributed by atoms with Crippen molar-refractivity contribution >= 4 is 27.5 Å². The van der Waals surface area contributed by atoms with Crippen molar-refractivity contribution in [2.45, 2.75) is 25.4 Å². The molecule has 0 aliphatic heterocycles. The van der Waals surface area contributed by atoms with Crippen LogP contribution in [-0.4, -0.2) is 25.7 Å². The van der Waals surface area contributed by atoms with Gasteiger partial charge in [0.15, 0.2) is 0 Å². The Bertz CT molecular complexity index is 980. The third-order valence-corrected chi connectivity index (χ3v) is 5.37. The van der Waals surface area contributed by atoms with Gasteiger partial charge in [-0.25, -0.2) is 9.97 Å². The highest BCUT2D eigenvalue weighted by Gasteiger charge is 2.16. The lowest BCUT2D eigenvalue weighted by atomic mass is 10.1. The van der Waals surface area contributed by atoms with Crippen molar-refractivity contribution < 1.29 is 4.79 Å². The van der Waals surface area contributed by atoms with Gasteiger partial charge in [0, 0.05) is 12.8 Å². The van der Waals surface area contributed by atoms with E-state index in [0.29, 0.717) is 19.4 Å². The van der Waals surface area contributed by atoms with Crippen LogP contribution in [0, 0.1) is 0 Å². The fraction of sp³-hybridized carbons (Fsp3) is 0.200. The zero-order valence-electron chi connectivity index (χ0n) is 14.7. The van der Waals surface area contributed by atoms with Crippen LogP contribution in [0.3, 0.4) is 0 Å². The first-order valence-corrected chi connectivity index (χ1v) is 9.61. The predicted octanol–water partition coefficient (Wildman–Crippen LogP) is 3.38. The maximum absolute atomic E-state index is 12.6. The minimum absolute atomic E-state index is 0.00299. The number of aryl methyl sites for hydroxylation is 1. The van der Waals surface area contributed by atoms with Crippen LogP contribution in [0.25, 0.3) is 10.2 Å². The smallest absolute Gasteiger partial charge is 0.220 e. The summed E-state index contributed by atoms with van der Waals surface area (Å²) in [4.78, 5) is 21.1. The summed E-state index contributed by atoms with van der Waals surface area (Å²) in [5.41, 5.74) is 2.03. The fourth-order valence-electron chi connectivity index (χ4n) is 2.95. The van der Waals surface area contributed by atoms with Crippen LogP contribution in [-0.2, 0) is 17.8 Å². The summed E-state index contributed by atoms with van der Waals surface area (Å²) in [5.74, 6) is 0.00299. The van der Waals surface area contributed by atoms with E-state index in [4.69, 9.17) is 0 Å². The van der Waals surface area contributed by atoms with Crippen molar-refractivity contribution in [1.29, 1.82) is 0 Å². The van der Waals surface area contributed by atoms with Crippen LogP contribution in [0.1, 0.15) is 23.0 Å². The van der Waals surface area contributed by atoms with Gasteiger partial charge in [0.2, 0.25) is 5.91 Å². The van der Waals surface area contributed by atoms with E-state index in [9.17, 15) is 4.79 Å². The van der Waals surface area contributed by atoms with Crippen molar-refractivity contribution in [3.8, 4) is 0 Å². The minimum Gasteiger partial charge on any atom is -0.347 e. The van der Waals surface area contributed by atoms with Gasteiger partial charge in [-0.3, -0.25) is 9.48 Å². The number of amides is 1. The third-order valence-electron chi connectivity index (χ3n) is 4.28. The molecule has 2 heterocycles. The highest BCUT2D eigenvalue weighted by atomic mass is 32.1. The Morgan fingerprint density at radius 2 is 1.93 bits per heavy atom. The fourth-order valence-corrected chi connectivity index (χ4v) is 3.91. The van der Waals surface area contributed by atoms with E-state index in [0.717, 1.165) is 20.8 Å². The first-order chi connectivity index (χ1) is 13.3. The predicted molar refractivity (Wildman–Crippen MR) is 105 cm³/mol. The second kappa shape index (κ2) is 8.09. The second-order valence-electron chi connectivity index (χ2n) is 6.22. The molecule has 136 valence electrons. The molecule has 0 saturated heterocycles. The summed E-state index contributed by atoms with van der Waals surface area (Å²) in [5, 5.41) is 8.26. The largest absolute Gasteiger partial charge is 0.347 e. The SMILES string of the molecule is O=C(CCc1nc2ccccc2s1)NC(Cn1cncn1)c1ccccc1. The zero-order valence-corrected chi connectivity index (χ0v) is 15.5. The third kappa shape index (κ3) is 4.38. The normalized spacial score (nSPS) is 12.1.